The standard InChI is InChI=1S/C26H25F2NO3/c27-22-6-1-4-20(14-22)18-32-24-11-9-19(10-12-24)16-29(17-25-8-3-13-31-25)26(30)21-5-2-7-23(28)15-21/h1-2,4-7,9-12,14-15,25H,3,8,13,16-18H2/t25-/m1/s1. The minimum atomic E-state index is -0.437. The zero-order valence-electron chi connectivity index (χ0n) is 17.7. The Labute approximate surface area is 186 Å². The fourth-order valence-corrected chi connectivity index (χ4v) is 3.76. The van der Waals surface area contributed by atoms with Crippen LogP contribution in [0.25, 0.3) is 0 Å². The molecule has 4 rings (SSSR count). The third kappa shape index (κ3) is 5.92. The van der Waals surface area contributed by atoms with Crippen molar-refractivity contribution in [2.75, 3.05) is 13.2 Å². The quantitative estimate of drug-likeness (QED) is 0.476. The van der Waals surface area contributed by atoms with E-state index in [9.17, 15) is 13.6 Å². The van der Waals surface area contributed by atoms with Crippen LogP contribution < -0.4 is 4.74 Å². The van der Waals surface area contributed by atoms with Crippen molar-refractivity contribution >= 4 is 5.91 Å². The number of amides is 1. The molecule has 6 heteroatoms. The van der Waals surface area contributed by atoms with Gasteiger partial charge in [-0.2, -0.15) is 0 Å². The second-order valence-corrected chi connectivity index (χ2v) is 7.89. The van der Waals surface area contributed by atoms with E-state index in [0.29, 0.717) is 31.0 Å². The van der Waals surface area contributed by atoms with E-state index >= 15 is 0 Å². The Morgan fingerprint density at radius 3 is 2.41 bits per heavy atom. The molecule has 32 heavy (non-hydrogen) atoms. The van der Waals surface area contributed by atoms with Gasteiger partial charge in [-0.3, -0.25) is 4.79 Å². The van der Waals surface area contributed by atoms with Crippen LogP contribution in [-0.2, 0) is 17.9 Å². The summed E-state index contributed by atoms with van der Waals surface area (Å²) in [6.45, 7) is 1.79. The van der Waals surface area contributed by atoms with Crippen molar-refractivity contribution in [3.05, 3.63) is 101 Å². The Hall–Kier alpha value is -3.25. The topological polar surface area (TPSA) is 38.8 Å². The normalized spacial score (nSPS) is 15.5. The number of benzene rings is 3. The monoisotopic (exact) mass is 437 g/mol. The Kier molecular flexibility index (Phi) is 7.12. The number of carbonyl (C=O) groups excluding carboxylic acids is 1. The summed E-state index contributed by atoms with van der Waals surface area (Å²) >= 11 is 0. The fraction of sp³-hybridized carbons (Fsp3) is 0.269. The largest absolute Gasteiger partial charge is 0.489 e. The lowest BCUT2D eigenvalue weighted by Crippen LogP contribution is -2.37. The van der Waals surface area contributed by atoms with Crippen molar-refractivity contribution < 1.29 is 23.0 Å². The van der Waals surface area contributed by atoms with E-state index in [1.54, 1.807) is 23.1 Å². The smallest absolute Gasteiger partial charge is 0.254 e. The van der Waals surface area contributed by atoms with Gasteiger partial charge in [0.05, 0.1) is 6.10 Å². The second-order valence-electron chi connectivity index (χ2n) is 7.89. The van der Waals surface area contributed by atoms with Crippen molar-refractivity contribution in [2.45, 2.75) is 32.1 Å². The minimum Gasteiger partial charge on any atom is -0.489 e. The highest BCUT2D eigenvalue weighted by Crippen LogP contribution is 2.20. The van der Waals surface area contributed by atoms with Crippen molar-refractivity contribution in [2.24, 2.45) is 0 Å². The number of carbonyl (C=O) groups is 1. The first kappa shape index (κ1) is 22.0. The van der Waals surface area contributed by atoms with Crippen LogP contribution in [0.3, 0.4) is 0 Å². The molecule has 0 saturated carbocycles. The molecular weight excluding hydrogens is 412 g/mol. The van der Waals surface area contributed by atoms with Gasteiger partial charge in [-0.05, 0) is 66.4 Å². The van der Waals surface area contributed by atoms with Crippen LogP contribution in [0.5, 0.6) is 5.75 Å². The lowest BCUT2D eigenvalue weighted by Gasteiger charge is -2.26. The van der Waals surface area contributed by atoms with Gasteiger partial charge in [0.1, 0.15) is 24.0 Å². The summed E-state index contributed by atoms with van der Waals surface area (Å²) in [5.41, 5.74) is 1.99. The predicted molar refractivity (Wildman–Crippen MR) is 117 cm³/mol. The zero-order chi connectivity index (χ0) is 22.3. The van der Waals surface area contributed by atoms with Gasteiger partial charge in [-0.1, -0.05) is 30.3 Å². The molecule has 3 aromatic rings. The number of nitrogens with zero attached hydrogens (tertiary/aromatic N) is 1. The zero-order valence-corrected chi connectivity index (χ0v) is 17.7. The molecule has 0 N–H and O–H groups in total. The summed E-state index contributed by atoms with van der Waals surface area (Å²) in [5.74, 6) is -0.310. The molecule has 1 saturated heterocycles. The summed E-state index contributed by atoms with van der Waals surface area (Å²) < 4.78 is 38.4. The van der Waals surface area contributed by atoms with Crippen molar-refractivity contribution in [3.63, 3.8) is 0 Å². The Morgan fingerprint density at radius 2 is 1.72 bits per heavy atom. The van der Waals surface area contributed by atoms with Crippen LogP contribution >= 0.6 is 0 Å². The highest BCUT2D eigenvalue weighted by Gasteiger charge is 2.24. The molecular formula is C26H25F2NO3. The molecule has 0 unspecified atom stereocenters. The van der Waals surface area contributed by atoms with Crippen LogP contribution in [0.4, 0.5) is 8.78 Å². The minimum absolute atomic E-state index is 0.0126. The fourth-order valence-electron chi connectivity index (χ4n) is 3.76. The first-order valence-corrected chi connectivity index (χ1v) is 10.7. The Morgan fingerprint density at radius 1 is 0.969 bits per heavy atom. The average molecular weight is 437 g/mol. The maximum Gasteiger partial charge on any atom is 0.254 e. The Balaban J connectivity index is 1.43. The number of halogens is 2. The van der Waals surface area contributed by atoms with Gasteiger partial charge in [0.2, 0.25) is 0 Å². The summed E-state index contributed by atoms with van der Waals surface area (Å²) in [4.78, 5) is 14.8. The second kappa shape index (κ2) is 10.4. The van der Waals surface area contributed by atoms with E-state index in [2.05, 4.69) is 0 Å². The molecule has 0 aromatic heterocycles. The molecule has 0 spiro atoms. The summed E-state index contributed by atoms with van der Waals surface area (Å²) in [7, 11) is 0. The Bertz CT molecular complexity index is 1050. The molecule has 1 aliphatic heterocycles. The molecule has 1 aliphatic rings. The van der Waals surface area contributed by atoms with Gasteiger partial charge < -0.3 is 14.4 Å². The van der Waals surface area contributed by atoms with Gasteiger partial charge in [-0.15, -0.1) is 0 Å². The lowest BCUT2D eigenvalue weighted by atomic mass is 10.1. The van der Waals surface area contributed by atoms with Crippen LogP contribution in [-0.4, -0.2) is 30.1 Å². The lowest BCUT2D eigenvalue weighted by molar-refractivity contribution is 0.0507. The van der Waals surface area contributed by atoms with Crippen LogP contribution in [0.1, 0.15) is 34.3 Å². The van der Waals surface area contributed by atoms with Gasteiger partial charge >= 0.3 is 0 Å². The van der Waals surface area contributed by atoms with E-state index in [-0.39, 0.29) is 24.4 Å². The molecule has 166 valence electrons. The van der Waals surface area contributed by atoms with Gasteiger partial charge in [0.15, 0.2) is 0 Å². The van der Waals surface area contributed by atoms with Crippen molar-refractivity contribution in [1.29, 1.82) is 0 Å². The third-order valence-corrected chi connectivity index (χ3v) is 5.40. The van der Waals surface area contributed by atoms with Crippen LogP contribution in [0.2, 0.25) is 0 Å². The molecule has 0 aliphatic carbocycles. The molecule has 3 aromatic carbocycles. The number of ether oxygens (including phenoxy) is 2. The highest BCUT2D eigenvalue weighted by molar-refractivity contribution is 5.94. The van der Waals surface area contributed by atoms with E-state index in [1.165, 1.54) is 30.3 Å². The maximum atomic E-state index is 13.7. The van der Waals surface area contributed by atoms with Gasteiger partial charge in [-0.25, -0.2) is 8.78 Å². The molecule has 1 atom stereocenters. The number of hydrogen-bond donors (Lipinski definition) is 0. The molecule has 1 amide bonds. The number of rotatable bonds is 8. The maximum absolute atomic E-state index is 13.7. The molecule has 1 heterocycles. The molecule has 4 nitrogen and oxygen atoms in total. The van der Waals surface area contributed by atoms with Gasteiger partial charge in [0, 0.05) is 25.3 Å². The van der Waals surface area contributed by atoms with Crippen molar-refractivity contribution in [3.8, 4) is 5.75 Å². The predicted octanol–water partition coefficient (Wildman–Crippen LogP) is 5.37. The third-order valence-electron chi connectivity index (χ3n) is 5.40. The average Bonchev–Trinajstić information content (AvgIpc) is 3.31. The van der Waals surface area contributed by atoms with Crippen LogP contribution in [0.15, 0.2) is 72.8 Å². The van der Waals surface area contributed by atoms with Crippen LogP contribution in [0, 0.1) is 11.6 Å². The van der Waals surface area contributed by atoms with E-state index < -0.39 is 5.82 Å². The van der Waals surface area contributed by atoms with E-state index in [1.807, 2.05) is 24.3 Å². The SMILES string of the molecule is O=C(c1cccc(F)c1)N(Cc1ccc(OCc2cccc(F)c2)cc1)C[C@H]1CCCO1. The summed E-state index contributed by atoms with van der Waals surface area (Å²) in [6.07, 6.45) is 1.87. The van der Waals surface area contributed by atoms with E-state index in [4.69, 9.17) is 9.47 Å². The first-order valence-electron chi connectivity index (χ1n) is 10.7. The molecule has 0 bridgehead atoms. The van der Waals surface area contributed by atoms with Crippen molar-refractivity contribution in [1.82, 2.24) is 4.90 Å². The first-order chi connectivity index (χ1) is 15.6. The summed E-state index contributed by atoms with van der Waals surface area (Å²) in [5, 5.41) is 0. The van der Waals surface area contributed by atoms with E-state index in [0.717, 1.165) is 24.0 Å². The number of hydrogen-bond acceptors (Lipinski definition) is 3. The van der Waals surface area contributed by atoms with Gasteiger partial charge in [0.25, 0.3) is 5.91 Å². The molecule has 0 radical (unpaired) electrons. The summed E-state index contributed by atoms with van der Waals surface area (Å²) in [6, 6.07) is 19.5. The highest BCUT2D eigenvalue weighted by atomic mass is 19.1. The molecule has 1 fully saturated rings.